The highest BCUT2D eigenvalue weighted by Gasteiger charge is 2.18. The van der Waals surface area contributed by atoms with Crippen LogP contribution in [0.5, 0.6) is 0 Å². The van der Waals surface area contributed by atoms with Crippen LogP contribution < -0.4 is 15.7 Å². The largest absolute Gasteiger partial charge is 0.412 e. The van der Waals surface area contributed by atoms with E-state index >= 15 is 0 Å². The van der Waals surface area contributed by atoms with Crippen molar-refractivity contribution in [2.75, 3.05) is 12.4 Å². The van der Waals surface area contributed by atoms with Gasteiger partial charge in [0.05, 0.1) is 21.8 Å². The van der Waals surface area contributed by atoms with Gasteiger partial charge in [-0.15, -0.1) is 4.73 Å². The lowest BCUT2D eigenvalue weighted by atomic mass is 10.1. The maximum atomic E-state index is 13.1. The number of fused-ring (bicyclic) bond motifs is 1. The fourth-order valence-corrected chi connectivity index (χ4v) is 3.68. The van der Waals surface area contributed by atoms with Gasteiger partial charge < -0.3 is 15.4 Å². The minimum atomic E-state index is -0.456. The van der Waals surface area contributed by atoms with E-state index in [1.807, 2.05) is 0 Å². The molecule has 4 aromatic rings. The Kier molecular flexibility index (Phi) is 5.75. The number of rotatable bonds is 5. The predicted molar refractivity (Wildman–Crippen MR) is 121 cm³/mol. The van der Waals surface area contributed by atoms with E-state index in [0.717, 1.165) is 10.3 Å². The van der Waals surface area contributed by atoms with E-state index in [2.05, 4.69) is 20.4 Å². The Morgan fingerprint density at radius 3 is 2.52 bits per heavy atom. The van der Waals surface area contributed by atoms with Crippen molar-refractivity contribution in [2.24, 2.45) is 5.16 Å². The Morgan fingerprint density at radius 1 is 1.16 bits per heavy atom. The molecule has 0 saturated heterocycles. The average Bonchev–Trinajstić information content (AvgIpc) is 2.76. The molecular weight excluding hydrogens is 441 g/mol. The quantitative estimate of drug-likeness (QED) is 0.263. The van der Waals surface area contributed by atoms with Gasteiger partial charge in [0.1, 0.15) is 7.11 Å². The first kappa shape index (κ1) is 20.6. The first-order valence-electron chi connectivity index (χ1n) is 8.98. The van der Waals surface area contributed by atoms with Gasteiger partial charge in [0.25, 0.3) is 5.56 Å². The van der Waals surface area contributed by atoms with E-state index in [1.165, 1.54) is 13.3 Å². The van der Waals surface area contributed by atoms with E-state index in [-0.39, 0.29) is 17.2 Å². The zero-order chi connectivity index (χ0) is 22.0. The van der Waals surface area contributed by atoms with Gasteiger partial charge in [0, 0.05) is 22.8 Å². The number of benzene rings is 2. The number of pyridine rings is 1. The van der Waals surface area contributed by atoms with Crippen molar-refractivity contribution < 1.29 is 10.0 Å². The van der Waals surface area contributed by atoms with Gasteiger partial charge >= 0.3 is 0 Å². The summed E-state index contributed by atoms with van der Waals surface area (Å²) in [5, 5.41) is 15.9. The molecule has 0 radical (unpaired) electrons. The second-order valence-electron chi connectivity index (χ2n) is 6.40. The van der Waals surface area contributed by atoms with Crippen LogP contribution in [0.2, 0.25) is 10.0 Å². The standard InChI is InChI=1S/C21H15Cl2N5O3/c1-31-28-19-13(9-15(20(28)29)18-16(22)3-2-4-17(18)23)11-24-21(27-19)26-14-7-5-12(6-8-14)10-25-30/h2-11,30H,1H3,(H,24,26,27)/b25-10+. The number of oxime groups is 1. The number of hydrogen-bond donors (Lipinski definition) is 2. The average molecular weight is 456 g/mol. The number of halogens is 2. The van der Waals surface area contributed by atoms with Crippen molar-refractivity contribution in [1.29, 1.82) is 0 Å². The van der Waals surface area contributed by atoms with Crippen LogP contribution in [0.1, 0.15) is 5.56 Å². The lowest BCUT2D eigenvalue weighted by Crippen LogP contribution is -2.27. The van der Waals surface area contributed by atoms with Crippen molar-refractivity contribution >= 4 is 52.1 Å². The number of hydrogen-bond acceptors (Lipinski definition) is 7. The second-order valence-corrected chi connectivity index (χ2v) is 7.22. The summed E-state index contributed by atoms with van der Waals surface area (Å²) < 4.78 is 1.07. The molecule has 0 atom stereocenters. The smallest absolute Gasteiger partial charge is 0.293 e. The molecule has 4 rings (SSSR count). The molecule has 156 valence electrons. The summed E-state index contributed by atoms with van der Waals surface area (Å²) in [6, 6.07) is 13.7. The maximum absolute atomic E-state index is 13.1. The first-order chi connectivity index (χ1) is 15.0. The molecule has 0 spiro atoms. The monoisotopic (exact) mass is 455 g/mol. The molecule has 2 heterocycles. The van der Waals surface area contributed by atoms with E-state index in [0.29, 0.717) is 26.7 Å². The predicted octanol–water partition coefficient (Wildman–Crippen LogP) is 4.38. The minimum absolute atomic E-state index is 0.268. The first-order valence-corrected chi connectivity index (χ1v) is 9.73. The summed E-state index contributed by atoms with van der Waals surface area (Å²) in [5.74, 6) is 0.268. The van der Waals surface area contributed by atoms with Crippen molar-refractivity contribution in [3.63, 3.8) is 0 Å². The molecule has 8 nitrogen and oxygen atoms in total. The molecule has 0 amide bonds. The molecular formula is C21H15Cl2N5O3. The van der Waals surface area contributed by atoms with E-state index < -0.39 is 5.56 Å². The highest BCUT2D eigenvalue weighted by atomic mass is 35.5. The van der Waals surface area contributed by atoms with Gasteiger partial charge in [0.15, 0.2) is 5.65 Å². The molecule has 31 heavy (non-hydrogen) atoms. The van der Waals surface area contributed by atoms with E-state index in [1.54, 1.807) is 54.7 Å². The molecule has 0 aliphatic rings. The van der Waals surface area contributed by atoms with E-state index in [4.69, 9.17) is 33.2 Å². The van der Waals surface area contributed by atoms with Crippen LogP contribution in [-0.2, 0) is 0 Å². The summed E-state index contributed by atoms with van der Waals surface area (Å²) >= 11 is 12.6. The highest BCUT2D eigenvalue weighted by molar-refractivity contribution is 6.39. The van der Waals surface area contributed by atoms with Crippen LogP contribution >= 0.6 is 23.2 Å². The lowest BCUT2D eigenvalue weighted by molar-refractivity contribution is 0.168. The van der Waals surface area contributed by atoms with Crippen LogP contribution in [0, 0.1) is 0 Å². The SMILES string of the molecule is COn1c(=O)c(-c2c(Cl)cccc2Cl)cc2cnc(Nc3ccc(/C=N/O)cc3)nc21. The molecule has 0 aliphatic carbocycles. The van der Waals surface area contributed by atoms with Crippen molar-refractivity contribution in [3.8, 4) is 11.1 Å². The third-order valence-corrected chi connectivity index (χ3v) is 5.12. The number of anilines is 2. The molecule has 0 aliphatic heterocycles. The van der Waals surface area contributed by atoms with Crippen LogP contribution in [0.4, 0.5) is 11.6 Å². The summed E-state index contributed by atoms with van der Waals surface area (Å²) in [7, 11) is 1.37. The van der Waals surface area contributed by atoms with Gasteiger partial charge in [0.2, 0.25) is 5.95 Å². The highest BCUT2D eigenvalue weighted by Crippen LogP contribution is 2.33. The van der Waals surface area contributed by atoms with Gasteiger partial charge in [-0.1, -0.05) is 46.6 Å². The number of nitrogens with zero attached hydrogens (tertiary/aromatic N) is 4. The molecule has 2 N–H and O–H groups in total. The van der Waals surface area contributed by atoms with Gasteiger partial charge in [-0.2, -0.15) is 4.98 Å². The Balaban J connectivity index is 1.79. The molecule has 10 heteroatoms. The van der Waals surface area contributed by atoms with Crippen LogP contribution in [0.15, 0.2) is 64.7 Å². The van der Waals surface area contributed by atoms with Gasteiger partial charge in [-0.05, 0) is 35.9 Å². The maximum Gasteiger partial charge on any atom is 0.293 e. The summed E-state index contributed by atoms with van der Waals surface area (Å²) in [4.78, 5) is 27.1. The summed E-state index contributed by atoms with van der Waals surface area (Å²) in [5.41, 5.74) is 1.95. The molecule has 0 bridgehead atoms. The minimum Gasteiger partial charge on any atom is -0.412 e. The van der Waals surface area contributed by atoms with Crippen LogP contribution in [0.3, 0.4) is 0 Å². The topological polar surface area (TPSA) is 102 Å². The molecule has 0 saturated carbocycles. The third-order valence-electron chi connectivity index (χ3n) is 4.49. The zero-order valence-corrected chi connectivity index (χ0v) is 17.6. The number of aromatic nitrogens is 3. The molecule has 2 aromatic heterocycles. The van der Waals surface area contributed by atoms with Crippen molar-refractivity contribution in [1.82, 2.24) is 14.7 Å². The lowest BCUT2D eigenvalue weighted by Gasteiger charge is -2.13. The molecule has 0 unspecified atom stereocenters. The summed E-state index contributed by atoms with van der Waals surface area (Å²) in [6.45, 7) is 0. The van der Waals surface area contributed by atoms with Crippen molar-refractivity contribution in [3.05, 3.63) is 80.7 Å². The Hall–Kier alpha value is -3.62. The fourth-order valence-electron chi connectivity index (χ4n) is 3.08. The Morgan fingerprint density at radius 2 is 1.87 bits per heavy atom. The Bertz CT molecular complexity index is 1330. The van der Waals surface area contributed by atoms with Crippen molar-refractivity contribution in [2.45, 2.75) is 0 Å². The molecule has 0 fully saturated rings. The van der Waals surface area contributed by atoms with Gasteiger partial charge in [-0.25, -0.2) is 4.98 Å². The molecule has 2 aromatic carbocycles. The summed E-state index contributed by atoms with van der Waals surface area (Å²) in [6.07, 6.45) is 2.89. The number of nitrogens with one attached hydrogen (secondary N) is 1. The normalized spacial score (nSPS) is 11.2. The second kappa shape index (κ2) is 8.63. The third kappa shape index (κ3) is 4.03. The fraction of sp³-hybridized carbons (Fsp3) is 0.0476. The van der Waals surface area contributed by atoms with Crippen LogP contribution in [-0.4, -0.2) is 33.2 Å². The van der Waals surface area contributed by atoms with Gasteiger partial charge in [-0.3, -0.25) is 4.79 Å². The Labute approximate surface area is 186 Å². The zero-order valence-electron chi connectivity index (χ0n) is 16.1. The van der Waals surface area contributed by atoms with E-state index in [9.17, 15) is 4.79 Å². The van der Waals surface area contributed by atoms with Crippen LogP contribution in [0.25, 0.3) is 22.2 Å².